The van der Waals surface area contributed by atoms with E-state index in [1.54, 1.807) is 0 Å². The molecule has 0 unspecified atom stereocenters. The molecule has 7 aromatic carbocycles. The van der Waals surface area contributed by atoms with Gasteiger partial charge in [-0.05, 0) is 64.4 Å². The molecule has 9 rings (SSSR count). The maximum absolute atomic E-state index is 5.13. The van der Waals surface area contributed by atoms with Gasteiger partial charge in [0.05, 0.1) is 5.41 Å². The fraction of sp³-hybridized carbons (Fsp3) is 0.0625. The fourth-order valence-electron chi connectivity index (χ4n) is 7.61. The zero-order valence-corrected chi connectivity index (χ0v) is 28.6. The van der Waals surface area contributed by atoms with Gasteiger partial charge in [0.25, 0.3) is 0 Å². The van der Waals surface area contributed by atoms with E-state index in [4.69, 9.17) is 15.0 Å². The minimum Gasteiger partial charge on any atom is -0.208 e. The van der Waals surface area contributed by atoms with E-state index in [0.29, 0.717) is 17.5 Å². The molecule has 1 heterocycles. The standard InChI is InChI=1S/C48H35N3/c1-32-17-26-39(27-18-32)48(40-28-19-33(2)20-29-40)43-16-10-9-15-41(43)42-31-38(25-30-44(42)48)47-50-45(36-13-7-4-8-14-36)49-46(51-47)37-23-21-35(22-24-37)34-11-5-3-6-12-34/h3-31H,1-2H3. The van der Waals surface area contributed by atoms with Crippen LogP contribution in [-0.2, 0) is 5.41 Å². The normalized spacial score (nSPS) is 12.7. The van der Waals surface area contributed by atoms with Crippen LogP contribution >= 0.6 is 0 Å². The maximum Gasteiger partial charge on any atom is 0.164 e. The van der Waals surface area contributed by atoms with Gasteiger partial charge in [-0.1, -0.05) is 181 Å². The van der Waals surface area contributed by atoms with Crippen molar-refractivity contribution in [2.24, 2.45) is 0 Å². The lowest BCUT2D eigenvalue weighted by molar-refractivity contribution is 0.767. The van der Waals surface area contributed by atoms with Crippen LogP contribution in [0, 0.1) is 13.8 Å². The third-order valence-electron chi connectivity index (χ3n) is 10.2. The predicted molar refractivity (Wildman–Crippen MR) is 208 cm³/mol. The van der Waals surface area contributed by atoms with E-state index in [2.05, 4.69) is 166 Å². The SMILES string of the molecule is Cc1ccc(C2(c3ccc(C)cc3)c3ccccc3-c3cc(-c4nc(-c5ccccc5)nc(-c5ccc(-c6ccccc6)cc5)n4)ccc32)cc1. The minimum absolute atomic E-state index is 0.466. The van der Waals surface area contributed by atoms with Gasteiger partial charge in [0.1, 0.15) is 0 Å². The molecule has 0 atom stereocenters. The van der Waals surface area contributed by atoms with Gasteiger partial charge >= 0.3 is 0 Å². The van der Waals surface area contributed by atoms with Crippen LogP contribution in [0.15, 0.2) is 176 Å². The molecule has 1 aromatic heterocycles. The van der Waals surface area contributed by atoms with Crippen molar-refractivity contribution >= 4 is 0 Å². The summed E-state index contributed by atoms with van der Waals surface area (Å²) in [5.74, 6) is 1.94. The van der Waals surface area contributed by atoms with Gasteiger partial charge in [-0.2, -0.15) is 0 Å². The number of aromatic nitrogens is 3. The summed E-state index contributed by atoms with van der Waals surface area (Å²) in [5, 5.41) is 0. The molecule has 3 nitrogen and oxygen atoms in total. The molecular formula is C48H35N3. The second-order valence-corrected chi connectivity index (χ2v) is 13.4. The number of benzene rings is 7. The van der Waals surface area contributed by atoms with Crippen LogP contribution in [0.5, 0.6) is 0 Å². The van der Waals surface area contributed by atoms with Crippen molar-refractivity contribution in [3.63, 3.8) is 0 Å². The van der Waals surface area contributed by atoms with Crippen molar-refractivity contribution in [2.45, 2.75) is 19.3 Å². The molecule has 0 bridgehead atoms. The van der Waals surface area contributed by atoms with Crippen molar-refractivity contribution in [1.82, 2.24) is 15.0 Å². The Morgan fingerprint density at radius 1 is 0.333 bits per heavy atom. The Hall–Kier alpha value is -6.45. The van der Waals surface area contributed by atoms with Crippen molar-refractivity contribution < 1.29 is 0 Å². The number of hydrogen-bond donors (Lipinski definition) is 0. The van der Waals surface area contributed by atoms with Crippen LogP contribution in [-0.4, -0.2) is 15.0 Å². The molecule has 242 valence electrons. The van der Waals surface area contributed by atoms with Gasteiger partial charge in [0.2, 0.25) is 0 Å². The molecular weight excluding hydrogens is 619 g/mol. The zero-order valence-electron chi connectivity index (χ0n) is 28.6. The summed E-state index contributed by atoms with van der Waals surface area (Å²) < 4.78 is 0. The highest BCUT2D eigenvalue weighted by atomic mass is 15.0. The molecule has 51 heavy (non-hydrogen) atoms. The van der Waals surface area contributed by atoms with Crippen molar-refractivity contribution in [3.8, 4) is 56.4 Å². The molecule has 3 heteroatoms. The summed E-state index contributed by atoms with van der Waals surface area (Å²) in [7, 11) is 0. The second-order valence-electron chi connectivity index (χ2n) is 13.4. The Balaban J connectivity index is 1.23. The summed E-state index contributed by atoms with van der Waals surface area (Å²) in [5.41, 5.74) is 14.7. The van der Waals surface area contributed by atoms with E-state index in [0.717, 1.165) is 22.3 Å². The zero-order chi connectivity index (χ0) is 34.4. The molecule has 1 aliphatic rings. The van der Waals surface area contributed by atoms with Crippen LogP contribution in [0.4, 0.5) is 0 Å². The molecule has 0 amide bonds. The fourth-order valence-corrected chi connectivity index (χ4v) is 7.61. The molecule has 0 saturated carbocycles. The molecule has 0 fully saturated rings. The Kier molecular flexibility index (Phi) is 7.48. The smallest absolute Gasteiger partial charge is 0.164 e. The van der Waals surface area contributed by atoms with Gasteiger partial charge < -0.3 is 0 Å². The van der Waals surface area contributed by atoms with Gasteiger partial charge in [0, 0.05) is 16.7 Å². The topological polar surface area (TPSA) is 38.7 Å². The third kappa shape index (κ3) is 5.26. The molecule has 0 aliphatic heterocycles. The maximum atomic E-state index is 5.13. The number of fused-ring (bicyclic) bond motifs is 3. The minimum atomic E-state index is -0.466. The number of nitrogens with zero attached hydrogens (tertiary/aromatic N) is 3. The lowest BCUT2D eigenvalue weighted by Crippen LogP contribution is -2.28. The Morgan fingerprint density at radius 3 is 1.33 bits per heavy atom. The quantitative estimate of drug-likeness (QED) is 0.179. The Bertz CT molecular complexity index is 2460. The number of aryl methyl sites for hydroxylation is 2. The molecule has 0 saturated heterocycles. The van der Waals surface area contributed by atoms with Gasteiger partial charge in [-0.15, -0.1) is 0 Å². The highest BCUT2D eigenvalue weighted by Gasteiger charge is 2.46. The van der Waals surface area contributed by atoms with E-state index >= 15 is 0 Å². The van der Waals surface area contributed by atoms with Crippen LogP contribution in [0.2, 0.25) is 0 Å². The monoisotopic (exact) mass is 653 g/mol. The van der Waals surface area contributed by atoms with Crippen LogP contribution in [0.1, 0.15) is 33.4 Å². The summed E-state index contributed by atoms with van der Waals surface area (Å²) in [4.78, 5) is 15.2. The summed E-state index contributed by atoms with van der Waals surface area (Å²) in [6.07, 6.45) is 0. The van der Waals surface area contributed by atoms with Crippen molar-refractivity contribution in [1.29, 1.82) is 0 Å². The van der Waals surface area contributed by atoms with E-state index in [1.807, 2.05) is 24.3 Å². The number of hydrogen-bond acceptors (Lipinski definition) is 3. The highest BCUT2D eigenvalue weighted by molar-refractivity contribution is 5.88. The van der Waals surface area contributed by atoms with E-state index < -0.39 is 5.41 Å². The molecule has 0 radical (unpaired) electrons. The van der Waals surface area contributed by atoms with Gasteiger partial charge in [-0.3, -0.25) is 0 Å². The lowest BCUT2D eigenvalue weighted by Gasteiger charge is -2.34. The van der Waals surface area contributed by atoms with E-state index in [1.165, 1.54) is 50.1 Å². The second kappa shape index (κ2) is 12.5. The van der Waals surface area contributed by atoms with Gasteiger partial charge in [-0.25, -0.2) is 15.0 Å². The lowest BCUT2D eigenvalue weighted by atomic mass is 9.67. The van der Waals surface area contributed by atoms with Crippen molar-refractivity contribution in [3.05, 3.63) is 209 Å². The van der Waals surface area contributed by atoms with Crippen LogP contribution in [0.3, 0.4) is 0 Å². The van der Waals surface area contributed by atoms with E-state index in [9.17, 15) is 0 Å². The highest BCUT2D eigenvalue weighted by Crippen LogP contribution is 2.56. The molecule has 0 N–H and O–H groups in total. The summed E-state index contributed by atoms with van der Waals surface area (Å²) in [6.45, 7) is 4.30. The largest absolute Gasteiger partial charge is 0.208 e. The predicted octanol–water partition coefficient (Wildman–Crippen LogP) is 11.5. The Labute approximate surface area is 299 Å². The first kappa shape index (κ1) is 30.6. The first-order valence-corrected chi connectivity index (χ1v) is 17.4. The summed E-state index contributed by atoms with van der Waals surface area (Å²) >= 11 is 0. The summed E-state index contributed by atoms with van der Waals surface area (Å²) in [6, 6.07) is 62.8. The average molecular weight is 654 g/mol. The first-order valence-electron chi connectivity index (χ1n) is 17.4. The van der Waals surface area contributed by atoms with E-state index in [-0.39, 0.29) is 0 Å². The van der Waals surface area contributed by atoms with Crippen LogP contribution < -0.4 is 0 Å². The number of rotatable bonds is 6. The van der Waals surface area contributed by atoms with Gasteiger partial charge in [0.15, 0.2) is 17.5 Å². The Morgan fingerprint density at radius 2 is 0.745 bits per heavy atom. The average Bonchev–Trinajstić information content (AvgIpc) is 3.49. The first-order chi connectivity index (χ1) is 25.1. The van der Waals surface area contributed by atoms with Crippen molar-refractivity contribution in [2.75, 3.05) is 0 Å². The van der Waals surface area contributed by atoms with Crippen LogP contribution in [0.25, 0.3) is 56.4 Å². The molecule has 1 aliphatic carbocycles. The molecule has 0 spiro atoms. The molecule has 8 aromatic rings. The third-order valence-corrected chi connectivity index (χ3v) is 10.2.